The van der Waals surface area contributed by atoms with Gasteiger partial charge in [-0.2, -0.15) is 0 Å². The summed E-state index contributed by atoms with van der Waals surface area (Å²) < 4.78 is 16.7. The van der Waals surface area contributed by atoms with E-state index in [1.807, 2.05) is 27.7 Å². The van der Waals surface area contributed by atoms with Gasteiger partial charge in [-0.05, 0) is 44.8 Å². The molecule has 1 aliphatic rings. The van der Waals surface area contributed by atoms with Crippen LogP contribution in [0.2, 0.25) is 0 Å². The number of hydrogen-bond acceptors (Lipinski definition) is 5. The van der Waals surface area contributed by atoms with Crippen LogP contribution in [0.15, 0.2) is 18.2 Å². The van der Waals surface area contributed by atoms with Crippen LogP contribution in [0.25, 0.3) is 0 Å². The van der Waals surface area contributed by atoms with Crippen LogP contribution in [-0.2, 0) is 20.7 Å². The highest BCUT2D eigenvalue weighted by molar-refractivity contribution is 6.63. The quantitative estimate of drug-likeness (QED) is 0.671. The largest absolute Gasteiger partial charge is 0.495 e. The third-order valence-electron chi connectivity index (χ3n) is 4.21. The van der Waals surface area contributed by atoms with Crippen molar-refractivity contribution in [1.29, 1.82) is 0 Å². The first kappa shape index (κ1) is 16.0. The van der Waals surface area contributed by atoms with E-state index in [9.17, 15) is 9.90 Å². The molecular weight excluding hydrogens is 271 g/mol. The summed E-state index contributed by atoms with van der Waals surface area (Å²) in [4.78, 5) is 12.0. The second-order valence-corrected chi connectivity index (χ2v) is 6.16. The molecule has 1 saturated heterocycles. The molecule has 114 valence electrons. The number of carbonyl (C=O) groups is 1. The van der Waals surface area contributed by atoms with E-state index < -0.39 is 24.3 Å². The smallest absolute Gasteiger partial charge is 0.465 e. The van der Waals surface area contributed by atoms with Gasteiger partial charge in [0.1, 0.15) is 0 Å². The molecule has 0 atom stereocenters. The lowest BCUT2D eigenvalue weighted by atomic mass is 9.75. The van der Waals surface area contributed by atoms with Crippen LogP contribution in [0.5, 0.6) is 0 Å². The van der Waals surface area contributed by atoms with Gasteiger partial charge in [-0.15, -0.1) is 0 Å². The Hall–Kier alpha value is -1.37. The molecule has 2 rings (SSSR count). The molecule has 0 bridgehead atoms. The zero-order valence-corrected chi connectivity index (χ0v) is 13.1. The van der Waals surface area contributed by atoms with Gasteiger partial charge in [0.05, 0.1) is 30.5 Å². The topological polar surface area (TPSA) is 65.0 Å². The van der Waals surface area contributed by atoms with E-state index in [2.05, 4.69) is 0 Å². The Kier molecular flexibility index (Phi) is 4.15. The Bertz CT molecular complexity index is 537. The zero-order chi connectivity index (χ0) is 15.8. The Morgan fingerprint density at radius 3 is 2.29 bits per heavy atom. The van der Waals surface area contributed by atoms with E-state index in [1.54, 1.807) is 18.2 Å². The van der Waals surface area contributed by atoms with Crippen LogP contribution >= 0.6 is 0 Å². The number of esters is 1. The molecule has 1 aromatic carbocycles. The molecule has 1 aromatic rings. The molecule has 0 amide bonds. The minimum atomic E-state index is -0.642. The van der Waals surface area contributed by atoms with Crippen molar-refractivity contribution in [3.63, 3.8) is 0 Å². The minimum absolute atomic E-state index is 0.145. The lowest BCUT2D eigenvalue weighted by Gasteiger charge is -2.32. The average molecular weight is 292 g/mol. The van der Waals surface area contributed by atoms with Gasteiger partial charge in [0.2, 0.25) is 0 Å². The maximum atomic E-state index is 12.0. The average Bonchev–Trinajstić information content (AvgIpc) is 2.65. The molecule has 0 aliphatic carbocycles. The first-order valence-corrected chi connectivity index (χ1v) is 6.89. The highest BCUT2D eigenvalue weighted by atomic mass is 16.7. The van der Waals surface area contributed by atoms with Crippen molar-refractivity contribution in [3.8, 4) is 0 Å². The predicted octanol–water partition coefficient (Wildman–Crippen LogP) is 1.26. The summed E-state index contributed by atoms with van der Waals surface area (Å²) >= 11 is 0. The lowest BCUT2D eigenvalue weighted by Crippen LogP contribution is -2.41. The van der Waals surface area contributed by atoms with Crippen LogP contribution in [0, 0.1) is 0 Å². The summed E-state index contributed by atoms with van der Waals surface area (Å²) in [6.07, 6.45) is 0. The Morgan fingerprint density at radius 2 is 1.81 bits per heavy atom. The van der Waals surface area contributed by atoms with Gasteiger partial charge >= 0.3 is 13.1 Å². The second kappa shape index (κ2) is 5.44. The minimum Gasteiger partial charge on any atom is -0.465 e. The van der Waals surface area contributed by atoms with Gasteiger partial charge in [0, 0.05) is 0 Å². The fourth-order valence-electron chi connectivity index (χ4n) is 2.16. The van der Waals surface area contributed by atoms with Crippen LogP contribution in [-0.4, -0.2) is 36.5 Å². The van der Waals surface area contributed by atoms with Gasteiger partial charge in [0.15, 0.2) is 0 Å². The summed E-state index contributed by atoms with van der Waals surface area (Å²) in [6.45, 7) is 7.66. The van der Waals surface area contributed by atoms with Gasteiger partial charge in [0.25, 0.3) is 0 Å². The maximum Gasteiger partial charge on any atom is 0.495 e. The number of carbonyl (C=O) groups excluding carboxylic acids is 1. The molecular formula is C15H21BO5. The van der Waals surface area contributed by atoms with Crippen molar-refractivity contribution in [3.05, 3.63) is 29.3 Å². The summed E-state index contributed by atoms with van der Waals surface area (Å²) in [7, 11) is 0.680. The number of aliphatic hydroxyl groups is 1. The van der Waals surface area contributed by atoms with Crippen molar-refractivity contribution in [2.75, 3.05) is 7.11 Å². The lowest BCUT2D eigenvalue weighted by molar-refractivity contribution is 0.00578. The normalized spacial score (nSPS) is 19.6. The van der Waals surface area contributed by atoms with Gasteiger partial charge < -0.3 is 19.2 Å². The molecule has 6 heteroatoms. The summed E-state index contributed by atoms with van der Waals surface area (Å²) in [5.74, 6) is -0.477. The van der Waals surface area contributed by atoms with Gasteiger partial charge in [-0.25, -0.2) is 4.79 Å². The van der Waals surface area contributed by atoms with Crippen LogP contribution in [0.3, 0.4) is 0 Å². The van der Waals surface area contributed by atoms with Gasteiger partial charge in [-0.1, -0.05) is 12.1 Å². The van der Waals surface area contributed by atoms with E-state index in [0.29, 0.717) is 16.6 Å². The highest BCUT2D eigenvalue weighted by Crippen LogP contribution is 2.36. The fourth-order valence-corrected chi connectivity index (χ4v) is 2.16. The van der Waals surface area contributed by atoms with Crippen molar-refractivity contribution in [2.24, 2.45) is 0 Å². The molecule has 0 aromatic heterocycles. The summed E-state index contributed by atoms with van der Waals surface area (Å²) in [5.41, 5.74) is 0.623. The number of methoxy groups -OCH3 is 1. The van der Waals surface area contributed by atoms with Crippen molar-refractivity contribution in [2.45, 2.75) is 45.5 Å². The van der Waals surface area contributed by atoms with E-state index in [0.717, 1.165) is 0 Å². The molecule has 0 unspecified atom stereocenters. The molecule has 1 heterocycles. The maximum absolute atomic E-state index is 12.0. The Balaban J connectivity index is 2.43. The molecule has 5 nitrogen and oxygen atoms in total. The van der Waals surface area contributed by atoms with E-state index >= 15 is 0 Å². The van der Waals surface area contributed by atoms with Crippen molar-refractivity contribution in [1.82, 2.24) is 0 Å². The monoisotopic (exact) mass is 292 g/mol. The molecule has 1 fully saturated rings. The van der Waals surface area contributed by atoms with Crippen molar-refractivity contribution < 1.29 is 23.9 Å². The predicted molar refractivity (Wildman–Crippen MR) is 79.4 cm³/mol. The molecule has 1 aliphatic heterocycles. The highest BCUT2D eigenvalue weighted by Gasteiger charge is 2.52. The van der Waals surface area contributed by atoms with Crippen LogP contribution < -0.4 is 5.46 Å². The summed E-state index contributed by atoms with van der Waals surface area (Å²) in [5, 5.41) is 9.22. The number of rotatable bonds is 3. The number of aliphatic hydroxyl groups excluding tert-OH is 1. The standard InChI is InChI=1S/C15H21BO5/c1-14(2)15(3,4)21-16(20-14)12-7-6-10(9-17)8-11(12)13(18)19-5/h6-8,17H,9H2,1-5H3. The first-order valence-electron chi connectivity index (χ1n) is 6.89. The number of ether oxygens (including phenoxy) is 1. The van der Waals surface area contributed by atoms with Gasteiger partial charge in [-0.3, -0.25) is 0 Å². The second-order valence-electron chi connectivity index (χ2n) is 6.16. The number of hydrogen-bond donors (Lipinski definition) is 1. The van der Waals surface area contributed by atoms with E-state index in [1.165, 1.54) is 7.11 Å². The van der Waals surface area contributed by atoms with Crippen LogP contribution in [0.1, 0.15) is 43.6 Å². The Morgan fingerprint density at radius 1 is 1.24 bits per heavy atom. The molecule has 1 N–H and O–H groups in total. The molecule has 0 saturated carbocycles. The number of benzene rings is 1. The third kappa shape index (κ3) is 2.84. The fraction of sp³-hybridized carbons (Fsp3) is 0.533. The van der Waals surface area contributed by atoms with Crippen molar-refractivity contribution >= 4 is 18.6 Å². The van der Waals surface area contributed by atoms with E-state index in [4.69, 9.17) is 14.0 Å². The SMILES string of the molecule is COC(=O)c1cc(CO)ccc1B1OC(C)(C)C(C)(C)O1. The van der Waals surface area contributed by atoms with E-state index in [-0.39, 0.29) is 6.61 Å². The van der Waals surface area contributed by atoms with Crippen LogP contribution in [0.4, 0.5) is 0 Å². The molecule has 0 radical (unpaired) electrons. The Labute approximate surface area is 125 Å². The first-order chi connectivity index (χ1) is 9.71. The zero-order valence-electron chi connectivity index (χ0n) is 13.1. The molecule has 0 spiro atoms. The summed E-state index contributed by atoms with van der Waals surface area (Å²) in [6, 6.07) is 5.08. The third-order valence-corrected chi connectivity index (χ3v) is 4.21. The molecule has 21 heavy (non-hydrogen) atoms.